The van der Waals surface area contributed by atoms with Crippen LogP contribution < -0.4 is 24.8 Å². The quantitative estimate of drug-likeness (QED) is 0.448. The van der Waals surface area contributed by atoms with Crippen LogP contribution in [-0.4, -0.2) is 54.4 Å². The molecule has 3 aliphatic carbocycles. The first kappa shape index (κ1) is 26.3. The van der Waals surface area contributed by atoms with E-state index in [1.54, 1.807) is 18.2 Å². The van der Waals surface area contributed by atoms with Gasteiger partial charge in [-0.2, -0.15) is 0 Å². The molecule has 0 spiro atoms. The van der Waals surface area contributed by atoms with Crippen molar-refractivity contribution in [2.24, 2.45) is 0 Å². The summed E-state index contributed by atoms with van der Waals surface area (Å²) >= 11 is 11.6. The van der Waals surface area contributed by atoms with Gasteiger partial charge >= 0.3 is 0 Å². The zero-order valence-corrected chi connectivity index (χ0v) is 21.1. The van der Waals surface area contributed by atoms with Crippen LogP contribution >= 0.6 is 23.2 Å². The molecule has 36 heavy (non-hydrogen) atoms. The second-order valence-electron chi connectivity index (χ2n) is 9.20. The molecule has 2 aromatic carbocycles. The molecule has 2 bridgehead atoms. The van der Waals surface area contributed by atoms with Crippen LogP contribution in [0.25, 0.3) is 0 Å². The molecule has 0 radical (unpaired) electrons. The zero-order valence-electron chi connectivity index (χ0n) is 19.6. The fraction of sp³-hybridized carbons (Fsp3) is 0.440. The number of carbonyl (C=O) groups is 2. The van der Waals surface area contributed by atoms with Gasteiger partial charge in [0.1, 0.15) is 11.6 Å². The number of halogens is 3. The summed E-state index contributed by atoms with van der Waals surface area (Å²) in [6.45, 7) is -0.552. The number of fused-ring (bicyclic) bond motifs is 3. The number of amides is 2. The Balaban J connectivity index is 1.28. The van der Waals surface area contributed by atoms with Crippen LogP contribution in [0, 0.1) is 5.82 Å². The number of nitrogens with one attached hydrogen (secondary N) is 2. The van der Waals surface area contributed by atoms with Gasteiger partial charge in [-0.3, -0.25) is 9.59 Å². The van der Waals surface area contributed by atoms with Gasteiger partial charge < -0.3 is 30.0 Å². The molecule has 11 heteroatoms. The second kappa shape index (κ2) is 10.7. The summed E-state index contributed by atoms with van der Waals surface area (Å²) in [5.41, 5.74) is -1.38. The molecule has 2 amide bonds. The van der Waals surface area contributed by atoms with Gasteiger partial charge in [0.15, 0.2) is 24.7 Å². The topological polar surface area (TPSA) is 106 Å². The lowest BCUT2D eigenvalue weighted by Gasteiger charge is -2.56. The third-order valence-corrected chi connectivity index (χ3v) is 7.40. The van der Waals surface area contributed by atoms with E-state index < -0.39 is 28.9 Å². The van der Waals surface area contributed by atoms with Crippen LogP contribution in [0.3, 0.4) is 0 Å². The summed E-state index contributed by atoms with van der Waals surface area (Å²) < 4.78 is 29.8. The van der Waals surface area contributed by atoms with Crippen molar-refractivity contribution >= 4 is 35.0 Å². The van der Waals surface area contributed by atoms with Crippen molar-refractivity contribution in [1.82, 2.24) is 10.6 Å². The van der Waals surface area contributed by atoms with E-state index in [2.05, 4.69) is 10.6 Å². The maximum atomic E-state index is 13.6. The monoisotopic (exact) mass is 540 g/mol. The number of hydrogen-bond acceptors (Lipinski definition) is 6. The minimum atomic E-state index is -0.852. The van der Waals surface area contributed by atoms with E-state index in [4.69, 9.17) is 37.4 Å². The van der Waals surface area contributed by atoms with Crippen molar-refractivity contribution in [1.29, 1.82) is 0 Å². The summed E-state index contributed by atoms with van der Waals surface area (Å²) in [6, 6.07) is 8.78. The van der Waals surface area contributed by atoms with Gasteiger partial charge in [-0.05, 0) is 56.4 Å². The lowest BCUT2D eigenvalue weighted by atomic mass is 9.60. The Morgan fingerprint density at radius 2 is 1.69 bits per heavy atom. The van der Waals surface area contributed by atoms with Gasteiger partial charge in [0, 0.05) is 22.7 Å². The molecular formula is C25H27Cl2FN2O6. The number of aliphatic hydroxyl groups excluding tert-OH is 1. The summed E-state index contributed by atoms with van der Waals surface area (Å²) in [4.78, 5) is 25.2. The first-order valence-corrected chi connectivity index (χ1v) is 12.2. The highest BCUT2D eigenvalue weighted by atomic mass is 35.5. The molecular weight excluding hydrogens is 514 g/mol. The highest BCUT2D eigenvalue weighted by Crippen LogP contribution is 2.47. The molecule has 3 N–H and O–H groups in total. The Kier molecular flexibility index (Phi) is 7.82. The molecule has 194 valence electrons. The number of ether oxygens (including phenoxy) is 3. The molecule has 0 unspecified atom stereocenters. The maximum absolute atomic E-state index is 13.6. The van der Waals surface area contributed by atoms with E-state index in [0.717, 1.165) is 6.07 Å². The number of methoxy groups -OCH3 is 1. The van der Waals surface area contributed by atoms with E-state index >= 15 is 0 Å². The van der Waals surface area contributed by atoms with Crippen molar-refractivity contribution in [3.63, 3.8) is 0 Å². The van der Waals surface area contributed by atoms with E-state index in [9.17, 15) is 19.1 Å². The van der Waals surface area contributed by atoms with Gasteiger partial charge in [0.05, 0.1) is 23.8 Å². The lowest BCUT2D eigenvalue weighted by molar-refractivity contribution is -0.137. The largest absolute Gasteiger partial charge is 0.493 e. The lowest BCUT2D eigenvalue weighted by Crippen LogP contribution is -2.70. The molecule has 1 atom stereocenters. The Labute approximate surface area is 218 Å². The number of aliphatic hydroxyl groups is 1. The third-order valence-electron chi connectivity index (χ3n) is 6.86. The van der Waals surface area contributed by atoms with Crippen molar-refractivity contribution < 1.29 is 33.3 Å². The standard InChI is InChI=1S/C25H27Cl2FN2O6/c1-34-20-10-15(26)2-5-19(20)36-14-22(32)29-24-6-8-25(9-7-24,21(31)12-24)30-23(33)13-35-16-3-4-17(27)18(28)11-16/h2-5,10-11,21,31H,6-9,12-14H2,1H3,(H,29,32)(H,30,33)/t21-,24?,25?/m0/s1. The van der Waals surface area contributed by atoms with Gasteiger partial charge in [0.25, 0.3) is 11.8 Å². The highest BCUT2D eigenvalue weighted by Gasteiger charge is 2.55. The summed E-state index contributed by atoms with van der Waals surface area (Å²) in [5, 5.41) is 17.3. The highest BCUT2D eigenvalue weighted by molar-refractivity contribution is 6.31. The predicted molar refractivity (Wildman–Crippen MR) is 131 cm³/mol. The van der Waals surface area contributed by atoms with Crippen molar-refractivity contribution in [3.8, 4) is 17.2 Å². The molecule has 0 aromatic heterocycles. The molecule has 8 nitrogen and oxygen atoms in total. The van der Waals surface area contributed by atoms with Crippen molar-refractivity contribution in [2.75, 3.05) is 20.3 Å². The maximum Gasteiger partial charge on any atom is 0.258 e. The van der Waals surface area contributed by atoms with Crippen LogP contribution in [0.1, 0.15) is 32.1 Å². The van der Waals surface area contributed by atoms with E-state index in [1.807, 2.05) is 0 Å². The van der Waals surface area contributed by atoms with Gasteiger partial charge in [-0.25, -0.2) is 4.39 Å². The molecule has 0 aliphatic heterocycles. The number of carbonyl (C=O) groups excluding carboxylic acids is 2. The average Bonchev–Trinajstić information content (AvgIpc) is 2.85. The van der Waals surface area contributed by atoms with Crippen LogP contribution in [0.5, 0.6) is 17.2 Å². The summed E-state index contributed by atoms with van der Waals surface area (Å²) in [6.07, 6.45) is 1.60. The fourth-order valence-electron chi connectivity index (χ4n) is 4.93. The Hall–Kier alpha value is -2.75. The van der Waals surface area contributed by atoms with Crippen molar-refractivity contribution in [3.05, 3.63) is 52.3 Å². The molecule has 3 aliphatic rings. The van der Waals surface area contributed by atoms with E-state index in [1.165, 1.54) is 19.2 Å². The number of hydrogen-bond donors (Lipinski definition) is 3. The zero-order chi connectivity index (χ0) is 25.9. The smallest absolute Gasteiger partial charge is 0.258 e. The molecule has 0 heterocycles. The normalized spacial score (nSPS) is 24.6. The molecule has 3 fully saturated rings. The average molecular weight is 541 g/mol. The van der Waals surface area contributed by atoms with Gasteiger partial charge in [-0.15, -0.1) is 0 Å². The SMILES string of the molecule is COc1cc(Cl)ccc1OCC(=O)NC12CCC(NC(=O)COc3ccc(Cl)c(F)c3)(CC1)[C@@H](O)C2. The van der Waals surface area contributed by atoms with Gasteiger partial charge in [0.2, 0.25) is 0 Å². The minimum absolute atomic E-state index is 0.0370. The fourth-order valence-corrected chi connectivity index (χ4v) is 5.21. The minimum Gasteiger partial charge on any atom is -0.493 e. The number of benzene rings is 2. The van der Waals surface area contributed by atoms with E-state index in [-0.39, 0.29) is 29.9 Å². The first-order valence-electron chi connectivity index (χ1n) is 11.5. The Morgan fingerprint density at radius 3 is 2.36 bits per heavy atom. The van der Waals surface area contributed by atoms with Gasteiger partial charge in [-0.1, -0.05) is 23.2 Å². The van der Waals surface area contributed by atoms with Crippen LogP contribution in [0.15, 0.2) is 36.4 Å². The molecule has 0 saturated heterocycles. The third kappa shape index (κ3) is 5.79. The second-order valence-corrected chi connectivity index (χ2v) is 10.0. The van der Waals surface area contributed by atoms with Crippen LogP contribution in [-0.2, 0) is 9.59 Å². The number of rotatable bonds is 9. The van der Waals surface area contributed by atoms with Crippen LogP contribution in [0.4, 0.5) is 4.39 Å². The van der Waals surface area contributed by atoms with E-state index in [0.29, 0.717) is 48.6 Å². The van der Waals surface area contributed by atoms with Crippen LogP contribution in [0.2, 0.25) is 10.0 Å². The Morgan fingerprint density at radius 1 is 1.00 bits per heavy atom. The molecule has 2 aromatic rings. The van der Waals surface area contributed by atoms with Crippen molar-refractivity contribution in [2.45, 2.75) is 49.3 Å². The molecule has 5 rings (SSSR count). The predicted octanol–water partition coefficient (Wildman–Crippen LogP) is 3.65. The molecule has 3 saturated carbocycles. The summed E-state index contributed by atoms with van der Waals surface area (Å²) in [5.74, 6) is -0.386. The Bertz CT molecular complexity index is 1140. The summed E-state index contributed by atoms with van der Waals surface area (Å²) in [7, 11) is 1.48. The first-order chi connectivity index (χ1) is 17.1.